The molecule has 1 aromatic rings. The lowest BCUT2D eigenvalue weighted by Gasteiger charge is -2.37. The average Bonchev–Trinajstić information content (AvgIpc) is 2.85. The Hall–Kier alpha value is -1.89. The predicted octanol–water partition coefficient (Wildman–Crippen LogP) is 0.817. The summed E-state index contributed by atoms with van der Waals surface area (Å²) >= 11 is 0. The van der Waals surface area contributed by atoms with Crippen LogP contribution in [0.15, 0.2) is 12.4 Å². The van der Waals surface area contributed by atoms with Gasteiger partial charge in [0.1, 0.15) is 6.54 Å². The number of likely N-dealkylation sites (N-methyl/N-ethyl adjacent to an activating group) is 1. The molecule has 1 aliphatic carbocycles. The predicted molar refractivity (Wildman–Crippen MR) is 84.1 cm³/mol. The molecule has 2 amide bonds. The Kier molecular flexibility index (Phi) is 4.85. The van der Waals surface area contributed by atoms with Gasteiger partial charge in [0, 0.05) is 25.8 Å². The van der Waals surface area contributed by atoms with Crippen molar-refractivity contribution in [1.82, 2.24) is 14.7 Å². The van der Waals surface area contributed by atoms with E-state index in [0.717, 1.165) is 25.7 Å². The van der Waals surface area contributed by atoms with E-state index in [1.54, 1.807) is 26.5 Å². The molecule has 1 heterocycles. The molecule has 122 valence electrons. The van der Waals surface area contributed by atoms with Crippen molar-refractivity contribution >= 4 is 17.5 Å². The second-order valence-corrected chi connectivity index (χ2v) is 6.51. The molecule has 2 atom stereocenters. The van der Waals surface area contributed by atoms with Crippen LogP contribution >= 0.6 is 0 Å². The summed E-state index contributed by atoms with van der Waals surface area (Å²) in [7, 11) is 3.39. The van der Waals surface area contributed by atoms with Crippen molar-refractivity contribution < 1.29 is 9.59 Å². The monoisotopic (exact) mass is 307 g/mol. The normalized spacial score (nSPS) is 24.8. The molecule has 2 unspecified atom stereocenters. The fourth-order valence-corrected chi connectivity index (χ4v) is 2.81. The number of aromatic nitrogens is 2. The highest BCUT2D eigenvalue weighted by molar-refractivity contribution is 5.93. The maximum absolute atomic E-state index is 12.4. The Morgan fingerprint density at radius 3 is 2.86 bits per heavy atom. The van der Waals surface area contributed by atoms with E-state index in [2.05, 4.69) is 10.4 Å². The second kappa shape index (κ2) is 6.48. The molecule has 1 aliphatic rings. The van der Waals surface area contributed by atoms with E-state index >= 15 is 0 Å². The lowest BCUT2D eigenvalue weighted by molar-refractivity contribution is -0.129. The smallest absolute Gasteiger partial charge is 0.243 e. The molecular formula is C15H25N5O2. The maximum Gasteiger partial charge on any atom is 0.243 e. The van der Waals surface area contributed by atoms with Gasteiger partial charge < -0.3 is 16.0 Å². The quantitative estimate of drug-likeness (QED) is 0.861. The van der Waals surface area contributed by atoms with E-state index < -0.39 is 5.54 Å². The zero-order valence-electron chi connectivity index (χ0n) is 13.5. The molecule has 0 aliphatic heterocycles. The average molecular weight is 307 g/mol. The van der Waals surface area contributed by atoms with Gasteiger partial charge in [-0.2, -0.15) is 5.10 Å². The standard InChI is InChI=1S/C15H25N5O2/c1-15(16)7-5-4-6-12(15)14(22)18-11-8-17-20(9-11)10-13(21)19(2)3/h8-9,12H,4-7,10,16H2,1-3H3,(H,18,22). The molecule has 0 radical (unpaired) electrons. The third-order valence-electron chi connectivity index (χ3n) is 4.27. The van der Waals surface area contributed by atoms with Gasteiger partial charge in [-0.15, -0.1) is 0 Å². The van der Waals surface area contributed by atoms with Crippen LogP contribution in [-0.4, -0.2) is 46.1 Å². The zero-order valence-corrected chi connectivity index (χ0v) is 13.5. The SMILES string of the molecule is CN(C)C(=O)Cn1cc(NC(=O)C2CCCCC2(C)N)cn1. The summed E-state index contributed by atoms with van der Waals surface area (Å²) in [5, 5.41) is 6.96. The Labute approximate surface area is 130 Å². The number of carbonyl (C=O) groups excluding carboxylic acids is 2. The van der Waals surface area contributed by atoms with Gasteiger partial charge in [-0.3, -0.25) is 14.3 Å². The Morgan fingerprint density at radius 2 is 2.23 bits per heavy atom. The van der Waals surface area contributed by atoms with Crippen molar-refractivity contribution in [2.75, 3.05) is 19.4 Å². The maximum atomic E-state index is 12.4. The van der Waals surface area contributed by atoms with Crippen LogP contribution in [0.25, 0.3) is 0 Å². The van der Waals surface area contributed by atoms with Crippen molar-refractivity contribution in [3.05, 3.63) is 12.4 Å². The molecule has 3 N–H and O–H groups in total. The largest absolute Gasteiger partial charge is 0.347 e. The summed E-state index contributed by atoms with van der Waals surface area (Å²) in [6.45, 7) is 2.09. The number of nitrogens with zero attached hydrogens (tertiary/aromatic N) is 3. The van der Waals surface area contributed by atoms with Gasteiger partial charge in [0.25, 0.3) is 0 Å². The van der Waals surface area contributed by atoms with Gasteiger partial charge in [-0.25, -0.2) is 0 Å². The fraction of sp³-hybridized carbons (Fsp3) is 0.667. The van der Waals surface area contributed by atoms with E-state index in [0.29, 0.717) is 5.69 Å². The first-order valence-corrected chi connectivity index (χ1v) is 7.62. The van der Waals surface area contributed by atoms with E-state index in [1.165, 1.54) is 9.58 Å². The fourth-order valence-electron chi connectivity index (χ4n) is 2.81. The summed E-state index contributed by atoms with van der Waals surface area (Å²) in [6.07, 6.45) is 6.99. The van der Waals surface area contributed by atoms with Crippen LogP contribution in [0.3, 0.4) is 0 Å². The first kappa shape index (κ1) is 16.5. The summed E-state index contributed by atoms with van der Waals surface area (Å²) < 4.78 is 1.51. The number of amides is 2. The number of hydrogen-bond acceptors (Lipinski definition) is 4. The van der Waals surface area contributed by atoms with Gasteiger partial charge in [0.15, 0.2) is 0 Å². The van der Waals surface area contributed by atoms with Gasteiger partial charge in [-0.05, 0) is 19.8 Å². The molecule has 0 bridgehead atoms. The summed E-state index contributed by atoms with van der Waals surface area (Å²) in [6, 6.07) is 0. The number of hydrogen-bond donors (Lipinski definition) is 2. The molecule has 22 heavy (non-hydrogen) atoms. The van der Waals surface area contributed by atoms with Crippen molar-refractivity contribution in [3.63, 3.8) is 0 Å². The molecule has 1 fully saturated rings. The van der Waals surface area contributed by atoms with E-state index in [1.807, 2.05) is 6.92 Å². The van der Waals surface area contributed by atoms with Crippen LogP contribution in [0.4, 0.5) is 5.69 Å². The lowest BCUT2D eigenvalue weighted by Crippen LogP contribution is -2.51. The van der Waals surface area contributed by atoms with Gasteiger partial charge in [0.05, 0.1) is 17.8 Å². The third-order valence-corrected chi connectivity index (χ3v) is 4.27. The Bertz CT molecular complexity index is 550. The van der Waals surface area contributed by atoms with Crippen molar-refractivity contribution in [2.45, 2.75) is 44.7 Å². The number of nitrogens with one attached hydrogen (secondary N) is 1. The van der Waals surface area contributed by atoms with E-state index in [4.69, 9.17) is 5.73 Å². The van der Waals surface area contributed by atoms with Crippen LogP contribution in [0.1, 0.15) is 32.6 Å². The first-order chi connectivity index (χ1) is 10.3. The van der Waals surface area contributed by atoms with Crippen LogP contribution in [0.2, 0.25) is 0 Å². The second-order valence-electron chi connectivity index (χ2n) is 6.51. The number of anilines is 1. The zero-order chi connectivity index (χ0) is 16.3. The summed E-state index contributed by atoms with van der Waals surface area (Å²) in [5.41, 5.74) is 6.39. The summed E-state index contributed by atoms with van der Waals surface area (Å²) in [5.74, 6) is -0.306. The van der Waals surface area contributed by atoms with Crippen LogP contribution in [0, 0.1) is 5.92 Å². The molecule has 7 heteroatoms. The van der Waals surface area contributed by atoms with Gasteiger partial charge in [-0.1, -0.05) is 12.8 Å². The highest BCUT2D eigenvalue weighted by atomic mass is 16.2. The summed E-state index contributed by atoms with van der Waals surface area (Å²) in [4.78, 5) is 25.6. The Morgan fingerprint density at radius 1 is 1.50 bits per heavy atom. The van der Waals surface area contributed by atoms with Crippen LogP contribution in [-0.2, 0) is 16.1 Å². The minimum atomic E-state index is -0.459. The third kappa shape index (κ3) is 3.85. The van der Waals surface area contributed by atoms with Crippen molar-refractivity contribution in [2.24, 2.45) is 11.7 Å². The molecule has 0 saturated heterocycles. The van der Waals surface area contributed by atoms with Crippen molar-refractivity contribution in [3.8, 4) is 0 Å². The minimum absolute atomic E-state index is 0.0530. The number of rotatable bonds is 4. The van der Waals surface area contributed by atoms with Gasteiger partial charge in [0.2, 0.25) is 11.8 Å². The van der Waals surface area contributed by atoms with E-state index in [9.17, 15) is 9.59 Å². The molecule has 2 rings (SSSR count). The molecule has 0 spiro atoms. The number of nitrogens with two attached hydrogens (primary N) is 1. The van der Waals surface area contributed by atoms with Gasteiger partial charge >= 0.3 is 0 Å². The first-order valence-electron chi connectivity index (χ1n) is 7.62. The van der Waals surface area contributed by atoms with E-state index in [-0.39, 0.29) is 24.3 Å². The van der Waals surface area contributed by atoms with Crippen molar-refractivity contribution in [1.29, 1.82) is 0 Å². The highest BCUT2D eigenvalue weighted by Gasteiger charge is 2.37. The molecule has 1 saturated carbocycles. The molecule has 0 aromatic carbocycles. The lowest BCUT2D eigenvalue weighted by atomic mass is 9.74. The highest BCUT2D eigenvalue weighted by Crippen LogP contribution is 2.32. The molecular weight excluding hydrogens is 282 g/mol. The van der Waals surface area contributed by atoms with Crippen LogP contribution in [0.5, 0.6) is 0 Å². The minimum Gasteiger partial charge on any atom is -0.347 e. The Balaban J connectivity index is 1.97. The van der Waals surface area contributed by atoms with Crippen LogP contribution < -0.4 is 11.1 Å². The molecule has 7 nitrogen and oxygen atoms in total. The molecule has 1 aromatic heterocycles. The number of carbonyl (C=O) groups is 2. The topological polar surface area (TPSA) is 93.2 Å².